The van der Waals surface area contributed by atoms with E-state index in [2.05, 4.69) is 20.8 Å². The van der Waals surface area contributed by atoms with E-state index in [1.807, 2.05) is 42.6 Å². The molecule has 25 heavy (non-hydrogen) atoms. The van der Waals surface area contributed by atoms with Gasteiger partial charge in [-0.2, -0.15) is 0 Å². The molecule has 128 valence electrons. The lowest BCUT2D eigenvalue weighted by molar-refractivity contribution is -0.118. The number of aryl methyl sites for hydroxylation is 1. The van der Waals surface area contributed by atoms with Crippen LogP contribution >= 0.6 is 22.7 Å². The van der Waals surface area contributed by atoms with Crippen LogP contribution in [0.2, 0.25) is 0 Å². The van der Waals surface area contributed by atoms with Crippen molar-refractivity contribution in [3.8, 4) is 0 Å². The number of thiophene rings is 1. The van der Waals surface area contributed by atoms with Crippen molar-refractivity contribution in [1.82, 2.24) is 15.5 Å². The molecule has 1 atom stereocenters. The monoisotopic (exact) mass is 372 g/mol. The van der Waals surface area contributed by atoms with Crippen LogP contribution in [0.5, 0.6) is 0 Å². The minimum atomic E-state index is -0.707. The lowest BCUT2D eigenvalue weighted by Crippen LogP contribution is -2.45. The molecule has 3 aromatic rings. The van der Waals surface area contributed by atoms with Crippen LogP contribution < -0.4 is 10.6 Å². The summed E-state index contributed by atoms with van der Waals surface area (Å²) in [6.07, 6.45) is 0.390. The first-order chi connectivity index (χ1) is 12.1. The summed E-state index contributed by atoms with van der Waals surface area (Å²) in [5.41, 5.74) is 0.961. The number of aromatic nitrogens is 2. The average Bonchev–Trinajstić information content (AvgIpc) is 3.27. The Balaban J connectivity index is 1.75. The summed E-state index contributed by atoms with van der Waals surface area (Å²) in [4.78, 5) is 25.6. The molecule has 0 aliphatic heterocycles. The molecule has 2 heterocycles. The number of hydrogen-bond acceptors (Lipinski definition) is 6. The summed E-state index contributed by atoms with van der Waals surface area (Å²) >= 11 is 2.63. The maximum atomic E-state index is 12.6. The van der Waals surface area contributed by atoms with Crippen molar-refractivity contribution in [3.05, 3.63) is 63.3 Å². The zero-order valence-electron chi connectivity index (χ0n) is 13.4. The van der Waals surface area contributed by atoms with E-state index in [1.165, 1.54) is 22.7 Å². The van der Waals surface area contributed by atoms with Gasteiger partial charge in [-0.3, -0.25) is 14.9 Å². The fourth-order valence-corrected chi connectivity index (χ4v) is 3.46. The first-order valence-electron chi connectivity index (χ1n) is 7.61. The molecule has 2 aromatic heterocycles. The van der Waals surface area contributed by atoms with Crippen LogP contribution in [0.1, 0.15) is 20.2 Å². The molecule has 0 bridgehead atoms. The molecule has 0 aliphatic rings. The Labute approximate surface area is 152 Å². The summed E-state index contributed by atoms with van der Waals surface area (Å²) in [6, 6.07) is 12.4. The summed E-state index contributed by atoms with van der Waals surface area (Å²) in [7, 11) is 0. The fourth-order valence-electron chi connectivity index (χ4n) is 2.24. The highest BCUT2D eigenvalue weighted by Gasteiger charge is 2.23. The van der Waals surface area contributed by atoms with Gasteiger partial charge < -0.3 is 5.32 Å². The number of carbonyl (C=O) groups excluding carboxylic acids is 2. The van der Waals surface area contributed by atoms with Gasteiger partial charge in [0.2, 0.25) is 11.0 Å². The molecular weight excluding hydrogens is 356 g/mol. The number of nitrogens with zero attached hydrogens (tertiary/aromatic N) is 2. The molecule has 6 nitrogen and oxygen atoms in total. The number of hydrogen-bond donors (Lipinski definition) is 2. The molecule has 0 aliphatic carbocycles. The molecule has 0 spiro atoms. The van der Waals surface area contributed by atoms with Crippen molar-refractivity contribution < 1.29 is 9.59 Å². The van der Waals surface area contributed by atoms with Gasteiger partial charge >= 0.3 is 0 Å². The van der Waals surface area contributed by atoms with Gasteiger partial charge in [0, 0.05) is 6.42 Å². The third kappa shape index (κ3) is 4.71. The van der Waals surface area contributed by atoms with Gasteiger partial charge in [-0.05, 0) is 23.9 Å². The van der Waals surface area contributed by atoms with E-state index in [4.69, 9.17) is 0 Å². The summed E-state index contributed by atoms with van der Waals surface area (Å²) < 4.78 is 0. The van der Waals surface area contributed by atoms with E-state index in [0.717, 1.165) is 10.6 Å². The highest BCUT2D eigenvalue weighted by molar-refractivity contribution is 7.15. The van der Waals surface area contributed by atoms with Crippen LogP contribution in [0.4, 0.5) is 5.13 Å². The average molecular weight is 372 g/mol. The molecule has 2 amide bonds. The molecule has 3 rings (SSSR count). The largest absolute Gasteiger partial charge is 0.339 e. The topological polar surface area (TPSA) is 84.0 Å². The van der Waals surface area contributed by atoms with Crippen molar-refractivity contribution in [2.24, 2.45) is 0 Å². The molecule has 0 saturated heterocycles. The number of rotatable bonds is 6. The zero-order valence-corrected chi connectivity index (χ0v) is 15.1. The number of nitrogens with one attached hydrogen (secondary N) is 2. The Morgan fingerprint density at radius 2 is 1.92 bits per heavy atom. The highest BCUT2D eigenvalue weighted by atomic mass is 32.1. The predicted octanol–water partition coefficient (Wildman–Crippen LogP) is 2.89. The van der Waals surface area contributed by atoms with Crippen LogP contribution in [-0.2, 0) is 11.2 Å². The van der Waals surface area contributed by atoms with Gasteiger partial charge in [0.25, 0.3) is 5.91 Å². The van der Waals surface area contributed by atoms with Gasteiger partial charge in [-0.15, -0.1) is 21.5 Å². The second-order valence-electron chi connectivity index (χ2n) is 5.31. The summed E-state index contributed by atoms with van der Waals surface area (Å²) in [5, 5.41) is 16.3. The van der Waals surface area contributed by atoms with Crippen LogP contribution in [0.3, 0.4) is 0 Å². The van der Waals surface area contributed by atoms with E-state index < -0.39 is 6.04 Å². The lowest BCUT2D eigenvalue weighted by atomic mass is 10.1. The molecule has 0 fully saturated rings. The normalized spacial score (nSPS) is 11.7. The lowest BCUT2D eigenvalue weighted by Gasteiger charge is -2.17. The van der Waals surface area contributed by atoms with E-state index in [0.29, 0.717) is 16.4 Å². The van der Waals surface area contributed by atoms with E-state index in [9.17, 15) is 9.59 Å². The SMILES string of the molecule is Cc1nnc(NC(=O)C(Cc2ccccc2)NC(=O)c2cccs2)s1. The number of benzene rings is 1. The fraction of sp³-hybridized carbons (Fsp3) is 0.176. The zero-order chi connectivity index (χ0) is 17.6. The Morgan fingerprint density at radius 3 is 2.56 bits per heavy atom. The Bertz CT molecular complexity index is 847. The van der Waals surface area contributed by atoms with Crippen molar-refractivity contribution in [2.75, 3.05) is 5.32 Å². The van der Waals surface area contributed by atoms with Crippen molar-refractivity contribution in [2.45, 2.75) is 19.4 Å². The number of amides is 2. The molecule has 0 saturated carbocycles. The van der Waals surface area contributed by atoms with Gasteiger partial charge in [0.05, 0.1) is 4.88 Å². The van der Waals surface area contributed by atoms with Crippen LogP contribution in [0, 0.1) is 6.92 Å². The van der Waals surface area contributed by atoms with Gasteiger partial charge in [0.15, 0.2) is 0 Å². The molecule has 8 heteroatoms. The maximum Gasteiger partial charge on any atom is 0.262 e. The second kappa shape index (κ2) is 8.00. The minimum absolute atomic E-state index is 0.264. The highest BCUT2D eigenvalue weighted by Crippen LogP contribution is 2.15. The smallest absolute Gasteiger partial charge is 0.262 e. The van der Waals surface area contributed by atoms with Crippen molar-refractivity contribution in [3.63, 3.8) is 0 Å². The molecular formula is C17H16N4O2S2. The van der Waals surface area contributed by atoms with E-state index in [1.54, 1.807) is 12.1 Å². The summed E-state index contributed by atoms with van der Waals surface area (Å²) in [6.45, 7) is 1.81. The van der Waals surface area contributed by atoms with E-state index in [-0.39, 0.29) is 11.8 Å². The molecule has 1 unspecified atom stereocenters. The van der Waals surface area contributed by atoms with Crippen molar-refractivity contribution >= 4 is 39.6 Å². The van der Waals surface area contributed by atoms with Gasteiger partial charge in [0.1, 0.15) is 11.0 Å². The third-order valence-corrected chi connectivity index (χ3v) is 5.03. The molecule has 0 radical (unpaired) electrons. The Kier molecular flexibility index (Phi) is 5.52. The standard InChI is InChI=1S/C17H16N4O2S2/c1-11-20-21-17(25-11)19-15(22)13(10-12-6-3-2-4-7-12)18-16(23)14-8-5-9-24-14/h2-9,13H,10H2,1H3,(H,18,23)(H,19,21,22). The van der Waals surface area contributed by atoms with Crippen LogP contribution in [-0.4, -0.2) is 28.1 Å². The van der Waals surface area contributed by atoms with Crippen molar-refractivity contribution in [1.29, 1.82) is 0 Å². The second-order valence-corrected chi connectivity index (χ2v) is 7.44. The molecule has 1 aromatic carbocycles. The van der Waals surface area contributed by atoms with Crippen LogP contribution in [0.15, 0.2) is 47.8 Å². The van der Waals surface area contributed by atoms with Gasteiger partial charge in [-0.1, -0.05) is 47.7 Å². The minimum Gasteiger partial charge on any atom is -0.339 e. The third-order valence-electron chi connectivity index (χ3n) is 3.41. The van der Waals surface area contributed by atoms with Crippen LogP contribution in [0.25, 0.3) is 0 Å². The Hall–Kier alpha value is -2.58. The molecule has 2 N–H and O–H groups in total. The number of carbonyl (C=O) groups is 2. The number of anilines is 1. The quantitative estimate of drug-likeness (QED) is 0.697. The summed E-state index contributed by atoms with van der Waals surface area (Å²) in [5.74, 6) is -0.579. The predicted molar refractivity (Wildman–Crippen MR) is 99.0 cm³/mol. The first kappa shape index (κ1) is 17.2. The maximum absolute atomic E-state index is 12.6. The van der Waals surface area contributed by atoms with E-state index >= 15 is 0 Å². The Morgan fingerprint density at radius 1 is 1.12 bits per heavy atom. The van der Waals surface area contributed by atoms with Gasteiger partial charge in [-0.25, -0.2) is 0 Å². The first-order valence-corrected chi connectivity index (χ1v) is 9.30.